The third-order valence-corrected chi connectivity index (χ3v) is 4.47. The fraction of sp³-hybridized carbons (Fsp3) is 0.471. The molecule has 0 aromatic heterocycles. The van der Waals surface area contributed by atoms with Crippen LogP contribution in [0.1, 0.15) is 41.6 Å². The molecule has 0 bridgehead atoms. The van der Waals surface area contributed by atoms with Gasteiger partial charge in [0, 0.05) is 31.0 Å². The van der Waals surface area contributed by atoms with Gasteiger partial charge < -0.3 is 11.1 Å². The minimum Gasteiger partial charge on any atom is -0.348 e. The molecule has 130 valence electrons. The van der Waals surface area contributed by atoms with Crippen molar-refractivity contribution in [3.05, 3.63) is 35.4 Å². The molecule has 7 heteroatoms. The Bertz CT molecular complexity index is 612. The van der Waals surface area contributed by atoms with E-state index in [2.05, 4.69) is 5.32 Å². The van der Waals surface area contributed by atoms with Crippen LogP contribution in [-0.2, 0) is 16.1 Å². The number of carbonyl (C=O) groups excluding carboxylic acids is 3. The van der Waals surface area contributed by atoms with Gasteiger partial charge in [-0.05, 0) is 36.5 Å². The Balaban J connectivity index is 0.00000208. The number of nitrogens with zero attached hydrogens (tertiary/aromatic N) is 1. The van der Waals surface area contributed by atoms with Gasteiger partial charge in [-0.15, -0.1) is 12.4 Å². The first kappa shape index (κ1) is 18.4. The van der Waals surface area contributed by atoms with Crippen molar-refractivity contribution < 1.29 is 14.4 Å². The molecule has 3 N–H and O–H groups in total. The largest absolute Gasteiger partial charge is 0.348 e. The zero-order chi connectivity index (χ0) is 16.4. The molecule has 3 rings (SSSR count). The van der Waals surface area contributed by atoms with Crippen LogP contribution in [0.5, 0.6) is 0 Å². The van der Waals surface area contributed by atoms with Crippen molar-refractivity contribution in [2.24, 2.45) is 11.7 Å². The number of hydrogen-bond acceptors (Lipinski definition) is 4. The lowest BCUT2D eigenvalue weighted by molar-refractivity contribution is -0.139. The van der Waals surface area contributed by atoms with E-state index < -0.39 is 0 Å². The van der Waals surface area contributed by atoms with Gasteiger partial charge >= 0.3 is 0 Å². The van der Waals surface area contributed by atoms with Crippen LogP contribution in [0.2, 0.25) is 0 Å². The van der Waals surface area contributed by atoms with Gasteiger partial charge in [0.15, 0.2) is 0 Å². The van der Waals surface area contributed by atoms with E-state index in [1.54, 1.807) is 24.3 Å². The Labute approximate surface area is 147 Å². The van der Waals surface area contributed by atoms with Crippen molar-refractivity contribution in [1.82, 2.24) is 10.2 Å². The molecule has 24 heavy (non-hydrogen) atoms. The summed E-state index contributed by atoms with van der Waals surface area (Å²) in [5.41, 5.74) is 7.10. The fourth-order valence-corrected chi connectivity index (χ4v) is 2.86. The molecule has 1 atom stereocenters. The van der Waals surface area contributed by atoms with Gasteiger partial charge in [0.05, 0.1) is 6.54 Å². The first-order valence-corrected chi connectivity index (χ1v) is 8.01. The summed E-state index contributed by atoms with van der Waals surface area (Å²) in [6.45, 7) is 0.723. The topological polar surface area (TPSA) is 92.5 Å². The Morgan fingerprint density at radius 1 is 1.17 bits per heavy atom. The number of likely N-dealkylation sites (tertiary alicyclic amines) is 1. The molecule has 1 saturated heterocycles. The standard InChI is InChI=1S/C17H21N3O3.ClH/c18-9-14(12-5-6-12)19-17(23)13-3-1-11(2-4-13)10-20-15(21)7-8-16(20)22;/h1-4,12,14H,5-10,18H2,(H,19,23);1H. The van der Waals surface area contributed by atoms with Crippen LogP contribution in [0.4, 0.5) is 0 Å². The maximum Gasteiger partial charge on any atom is 0.251 e. The Morgan fingerprint density at radius 2 is 1.75 bits per heavy atom. The first-order chi connectivity index (χ1) is 11.1. The molecule has 6 nitrogen and oxygen atoms in total. The SMILES string of the molecule is Cl.NCC(NC(=O)c1ccc(CN2C(=O)CCC2=O)cc1)C1CC1. The van der Waals surface area contributed by atoms with E-state index in [1.807, 2.05) is 0 Å². The Kier molecular flexibility index (Phi) is 5.96. The minimum atomic E-state index is -0.132. The highest BCUT2D eigenvalue weighted by molar-refractivity contribution is 6.01. The maximum atomic E-state index is 12.2. The zero-order valence-electron chi connectivity index (χ0n) is 13.4. The summed E-state index contributed by atoms with van der Waals surface area (Å²) >= 11 is 0. The lowest BCUT2D eigenvalue weighted by Gasteiger charge is -2.16. The average molecular weight is 352 g/mol. The van der Waals surface area contributed by atoms with Crippen molar-refractivity contribution >= 4 is 30.1 Å². The third kappa shape index (κ3) is 4.13. The molecule has 1 aromatic carbocycles. The van der Waals surface area contributed by atoms with Crippen molar-refractivity contribution in [2.45, 2.75) is 38.3 Å². The number of imide groups is 1. The molecular formula is C17H22ClN3O3. The van der Waals surface area contributed by atoms with E-state index in [0.717, 1.165) is 18.4 Å². The molecule has 1 heterocycles. The second-order valence-electron chi connectivity index (χ2n) is 6.22. The monoisotopic (exact) mass is 351 g/mol. The average Bonchev–Trinajstić information content (AvgIpc) is 3.35. The number of rotatable bonds is 6. The number of amides is 3. The van der Waals surface area contributed by atoms with Crippen LogP contribution in [0.15, 0.2) is 24.3 Å². The number of nitrogens with two attached hydrogens (primary N) is 1. The molecule has 1 aliphatic carbocycles. The molecular weight excluding hydrogens is 330 g/mol. The van der Waals surface area contributed by atoms with Crippen molar-refractivity contribution in [1.29, 1.82) is 0 Å². The van der Waals surface area contributed by atoms with Gasteiger partial charge in [-0.2, -0.15) is 0 Å². The van der Waals surface area contributed by atoms with Crippen LogP contribution in [0, 0.1) is 5.92 Å². The summed E-state index contributed by atoms with van der Waals surface area (Å²) in [6.07, 6.45) is 2.83. The summed E-state index contributed by atoms with van der Waals surface area (Å²) < 4.78 is 0. The normalized spacial score (nSPS) is 18.3. The number of hydrogen-bond donors (Lipinski definition) is 2. The van der Waals surface area contributed by atoms with E-state index >= 15 is 0 Å². The van der Waals surface area contributed by atoms with E-state index in [1.165, 1.54) is 4.90 Å². The second kappa shape index (κ2) is 7.77. The lowest BCUT2D eigenvalue weighted by atomic mass is 10.1. The molecule has 0 spiro atoms. The van der Waals surface area contributed by atoms with E-state index in [0.29, 0.717) is 30.9 Å². The lowest BCUT2D eigenvalue weighted by Crippen LogP contribution is -2.41. The van der Waals surface area contributed by atoms with Gasteiger partial charge in [-0.25, -0.2) is 0 Å². The van der Waals surface area contributed by atoms with Gasteiger partial charge in [0.25, 0.3) is 5.91 Å². The summed E-state index contributed by atoms with van der Waals surface area (Å²) in [4.78, 5) is 36.7. The highest BCUT2D eigenvalue weighted by atomic mass is 35.5. The van der Waals surface area contributed by atoms with Crippen LogP contribution >= 0.6 is 12.4 Å². The maximum absolute atomic E-state index is 12.2. The highest BCUT2D eigenvalue weighted by Gasteiger charge is 2.31. The summed E-state index contributed by atoms with van der Waals surface area (Å²) in [7, 11) is 0. The van der Waals surface area contributed by atoms with Gasteiger partial charge in [-0.1, -0.05) is 12.1 Å². The van der Waals surface area contributed by atoms with E-state index in [4.69, 9.17) is 5.73 Å². The van der Waals surface area contributed by atoms with Gasteiger partial charge in [0.2, 0.25) is 11.8 Å². The van der Waals surface area contributed by atoms with E-state index in [9.17, 15) is 14.4 Å². The number of halogens is 1. The number of carbonyl (C=O) groups is 3. The molecule has 1 aromatic rings. The third-order valence-electron chi connectivity index (χ3n) is 4.47. The molecule has 1 saturated carbocycles. The van der Waals surface area contributed by atoms with Crippen LogP contribution in [0.3, 0.4) is 0 Å². The predicted molar refractivity (Wildman–Crippen MR) is 91.5 cm³/mol. The molecule has 1 aliphatic heterocycles. The van der Waals surface area contributed by atoms with Gasteiger partial charge in [-0.3, -0.25) is 19.3 Å². The minimum absolute atomic E-state index is 0. The van der Waals surface area contributed by atoms with Crippen molar-refractivity contribution in [3.8, 4) is 0 Å². The van der Waals surface area contributed by atoms with Gasteiger partial charge in [0.1, 0.15) is 0 Å². The molecule has 2 aliphatic rings. The van der Waals surface area contributed by atoms with Crippen LogP contribution in [-0.4, -0.2) is 35.2 Å². The predicted octanol–water partition coefficient (Wildman–Crippen LogP) is 1.22. The Morgan fingerprint density at radius 3 is 2.25 bits per heavy atom. The zero-order valence-corrected chi connectivity index (χ0v) is 14.2. The molecule has 1 unspecified atom stereocenters. The van der Waals surface area contributed by atoms with Crippen LogP contribution < -0.4 is 11.1 Å². The van der Waals surface area contributed by atoms with Crippen molar-refractivity contribution in [2.75, 3.05) is 6.54 Å². The highest BCUT2D eigenvalue weighted by Crippen LogP contribution is 2.32. The molecule has 2 fully saturated rings. The van der Waals surface area contributed by atoms with Crippen molar-refractivity contribution in [3.63, 3.8) is 0 Å². The molecule has 3 amide bonds. The molecule has 0 radical (unpaired) electrons. The smallest absolute Gasteiger partial charge is 0.251 e. The number of benzene rings is 1. The summed E-state index contributed by atoms with van der Waals surface area (Å²) in [5, 5.41) is 2.97. The van der Waals surface area contributed by atoms with E-state index in [-0.39, 0.29) is 42.7 Å². The Hall–Kier alpha value is -1.92. The quantitative estimate of drug-likeness (QED) is 0.754. The summed E-state index contributed by atoms with van der Waals surface area (Å²) in [5.74, 6) is 0.113. The number of nitrogens with one attached hydrogen (secondary N) is 1. The summed E-state index contributed by atoms with van der Waals surface area (Å²) in [6, 6.07) is 7.04. The first-order valence-electron chi connectivity index (χ1n) is 8.01. The second-order valence-corrected chi connectivity index (χ2v) is 6.22. The fourth-order valence-electron chi connectivity index (χ4n) is 2.86. The van der Waals surface area contributed by atoms with Crippen LogP contribution in [0.25, 0.3) is 0 Å².